The normalized spacial score (nSPS) is 17.4. The van der Waals surface area contributed by atoms with Crippen LogP contribution in [0.3, 0.4) is 0 Å². The third-order valence-corrected chi connectivity index (χ3v) is 6.26. The molecule has 3 heterocycles. The summed E-state index contributed by atoms with van der Waals surface area (Å²) in [5, 5.41) is 23.1. The molecule has 1 fully saturated rings. The van der Waals surface area contributed by atoms with E-state index in [-0.39, 0.29) is 12.2 Å². The number of aryl methyl sites for hydroxylation is 1. The van der Waals surface area contributed by atoms with Gasteiger partial charge in [0.15, 0.2) is 11.6 Å². The molecular formula is C27H37N5O3S. The predicted molar refractivity (Wildman–Crippen MR) is 147 cm³/mol. The van der Waals surface area contributed by atoms with Crippen LogP contribution < -0.4 is 10.5 Å². The van der Waals surface area contributed by atoms with Crippen LogP contribution in [0.4, 0.5) is 5.82 Å². The zero-order valence-electron chi connectivity index (χ0n) is 21.6. The van der Waals surface area contributed by atoms with Gasteiger partial charge in [0.1, 0.15) is 17.9 Å². The number of ether oxygens (including phenoxy) is 1. The van der Waals surface area contributed by atoms with Crippen molar-refractivity contribution in [2.75, 3.05) is 12.3 Å². The average molecular weight is 512 g/mol. The number of nitrogens with one attached hydrogen (secondary N) is 1. The topological polar surface area (TPSA) is 118 Å². The van der Waals surface area contributed by atoms with Crippen LogP contribution in [0.2, 0.25) is 0 Å². The van der Waals surface area contributed by atoms with Gasteiger partial charge >= 0.3 is 0 Å². The Morgan fingerprint density at radius 2 is 1.81 bits per heavy atom. The number of aromatic nitrogens is 3. The van der Waals surface area contributed by atoms with Crippen molar-refractivity contribution in [3.63, 3.8) is 0 Å². The van der Waals surface area contributed by atoms with Crippen molar-refractivity contribution in [3.05, 3.63) is 66.1 Å². The fourth-order valence-electron chi connectivity index (χ4n) is 4.03. The molecule has 8 nitrogen and oxygen atoms in total. The highest BCUT2D eigenvalue weighted by Crippen LogP contribution is 2.35. The van der Waals surface area contributed by atoms with Gasteiger partial charge in [0.05, 0.1) is 11.8 Å². The first kappa shape index (κ1) is 27.9. The van der Waals surface area contributed by atoms with Gasteiger partial charge in [-0.1, -0.05) is 44.2 Å². The van der Waals surface area contributed by atoms with Crippen LogP contribution >= 0.6 is 11.9 Å². The van der Waals surface area contributed by atoms with Gasteiger partial charge in [-0.3, -0.25) is 4.72 Å². The molecule has 5 N–H and O–H groups in total. The Bertz CT molecular complexity index is 1270. The third-order valence-electron chi connectivity index (χ3n) is 5.46. The molecule has 9 heteroatoms. The molecule has 0 amide bonds. The average Bonchev–Trinajstić information content (AvgIpc) is 3.44. The van der Waals surface area contributed by atoms with E-state index in [0.717, 1.165) is 36.2 Å². The molecule has 0 bridgehead atoms. The van der Waals surface area contributed by atoms with Gasteiger partial charge in [-0.2, -0.15) is 5.10 Å². The minimum atomic E-state index is -1.50. The maximum atomic E-state index is 8.08. The molecule has 1 aliphatic rings. The zero-order chi connectivity index (χ0) is 26.3. The largest absolute Gasteiger partial charge is 0.382 e. The first-order valence-corrected chi connectivity index (χ1v) is 13.1. The molecule has 0 aliphatic carbocycles. The van der Waals surface area contributed by atoms with E-state index < -0.39 is 5.79 Å². The van der Waals surface area contributed by atoms with E-state index in [2.05, 4.69) is 63.3 Å². The molecule has 2 aromatic carbocycles. The summed E-state index contributed by atoms with van der Waals surface area (Å²) in [5.41, 5.74) is 9.03. The minimum Gasteiger partial charge on any atom is -0.382 e. The molecule has 1 unspecified atom stereocenters. The summed E-state index contributed by atoms with van der Waals surface area (Å²) in [5.74, 6) is -0.994. The van der Waals surface area contributed by atoms with Crippen LogP contribution in [0.1, 0.15) is 57.9 Å². The summed E-state index contributed by atoms with van der Waals surface area (Å²) in [6.45, 7) is 9.43. The van der Waals surface area contributed by atoms with Crippen molar-refractivity contribution in [2.24, 2.45) is 0 Å². The highest BCUT2D eigenvalue weighted by molar-refractivity contribution is 7.97. The molecule has 0 spiro atoms. The van der Waals surface area contributed by atoms with E-state index in [1.807, 2.05) is 25.3 Å². The number of aliphatic hydroxyl groups is 2. The Balaban J connectivity index is 0.000000463. The van der Waals surface area contributed by atoms with E-state index in [4.69, 9.17) is 20.7 Å². The number of fused-ring (bicyclic) bond motifs is 2. The van der Waals surface area contributed by atoms with Crippen molar-refractivity contribution in [1.29, 1.82) is 0 Å². The Morgan fingerprint density at radius 1 is 1.11 bits per heavy atom. The number of rotatable bonds is 5. The molecule has 4 aromatic rings. The molecule has 5 rings (SSSR count). The van der Waals surface area contributed by atoms with Crippen LogP contribution in [0.5, 0.6) is 0 Å². The fourth-order valence-corrected chi connectivity index (χ4v) is 4.79. The van der Waals surface area contributed by atoms with Gasteiger partial charge in [0, 0.05) is 11.4 Å². The minimum absolute atomic E-state index is 0.0305. The number of benzene rings is 2. The molecule has 2 atom stereocenters. The fraction of sp³-hybridized carbons (Fsp3) is 0.407. The standard InChI is InChI=1S/C22H23N5OS.C3H8O2.C2H6/c1-14-10-19(27-21(14)22(23)24-13-25-27)20-9-7-17(28-20)12-26-29-18-8-6-15-4-2-3-5-16(15)11-18;1-3(2,4)5;1-2/h2-6,8,10-11,13,17,20,26H,7,9,12H2,1H3,(H2,23,24,25);4-5H,1-2H3;1-2H3/t17?,20-;;/m1../s1. The van der Waals surface area contributed by atoms with E-state index in [1.165, 1.54) is 35.8 Å². The maximum absolute atomic E-state index is 8.08. The van der Waals surface area contributed by atoms with Gasteiger partial charge in [-0.05, 0) is 80.1 Å². The van der Waals surface area contributed by atoms with E-state index in [9.17, 15) is 0 Å². The van der Waals surface area contributed by atoms with Gasteiger partial charge in [-0.25, -0.2) is 9.50 Å². The SMILES string of the molecule is CC.CC(C)(O)O.Cc1cc([C@H]2CCC(CNSc3ccc4ccccc4c3)O2)n2ncnc(N)c12. The van der Waals surface area contributed by atoms with Gasteiger partial charge in [0.25, 0.3) is 0 Å². The third kappa shape index (κ3) is 7.41. The molecule has 36 heavy (non-hydrogen) atoms. The molecule has 194 valence electrons. The van der Waals surface area contributed by atoms with Gasteiger partial charge < -0.3 is 20.7 Å². The molecular weight excluding hydrogens is 474 g/mol. The highest BCUT2D eigenvalue weighted by atomic mass is 32.2. The predicted octanol–water partition coefficient (Wildman–Crippen LogP) is 5.02. The first-order valence-electron chi connectivity index (χ1n) is 12.3. The lowest BCUT2D eigenvalue weighted by molar-refractivity contribution is -0.127. The number of nitrogens with two attached hydrogens (primary N) is 1. The second-order valence-electron chi connectivity index (χ2n) is 8.94. The van der Waals surface area contributed by atoms with Crippen LogP contribution in [0, 0.1) is 6.92 Å². The second kappa shape index (κ2) is 12.5. The quantitative estimate of drug-likeness (QED) is 0.218. The maximum Gasteiger partial charge on any atom is 0.156 e. The lowest BCUT2D eigenvalue weighted by Crippen LogP contribution is -2.21. The van der Waals surface area contributed by atoms with E-state index in [1.54, 1.807) is 11.9 Å². The van der Waals surface area contributed by atoms with Gasteiger partial charge in [0.2, 0.25) is 0 Å². The summed E-state index contributed by atoms with van der Waals surface area (Å²) in [7, 11) is 0. The summed E-state index contributed by atoms with van der Waals surface area (Å²) >= 11 is 1.66. The van der Waals surface area contributed by atoms with Crippen LogP contribution in [0.15, 0.2) is 59.8 Å². The van der Waals surface area contributed by atoms with E-state index >= 15 is 0 Å². The Kier molecular flexibility index (Phi) is 9.69. The van der Waals surface area contributed by atoms with Crippen LogP contribution in [-0.2, 0) is 4.74 Å². The number of hydrogen-bond donors (Lipinski definition) is 4. The number of hydrogen-bond acceptors (Lipinski definition) is 8. The van der Waals surface area contributed by atoms with Crippen molar-refractivity contribution in [1.82, 2.24) is 19.3 Å². The Labute approximate surface area is 217 Å². The number of nitrogens with zero attached hydrogens (tertiary/aromatic N) is 3. The molecule has 0 saturated carbocycles. The van der Waals surface area contributed by atoms with E-state index in [0.29, 0.717) is 5.82 Å². The Morgan fingerprint density at radius 3 is 2.53 bits per heavy atom. The van der Waals surface area contributed by atoms with Crippen molar-refractivity contribution < 1.29 is 14.9 Å². The van der Waals surface area contributed by atoms with Crippen molar-refractivity contribution in [3.8, 4) is 0 Å². The summed E-state index contributed by atoms with van der Waals surface area (Å²) < 4.78 is 11.7. The molecule has 1 aliphatic heterocycles. The monoisotopic (exact) mass is 511 g/mol. The van der Waals surface area contributed by atoms with Crippen molar-refractivity contribution >= 4 is 34.1 Å². The first-order chi connectivity index (χ1) is 17.2. The highest BCUT2D eigenvalue weighted by Gasteiger charge is 2.29. The van der Waals surface area contributed by atoms with Crippen molar-refractivity contribution in [2.45, 2.75) is 70.4 Å². The summed E-state index contributed by atoms with van der Waals surface area (Å²) in [6, 6.07) is 17.1. The smallest absolute Gasteiger partial charge is 0.156 e. The Hall–Kier alpha value is -2.69. The lowest BCUT2D eigenvalue weighted by atomic mass is 10.1. The lowest BCUT2D eigenvalue weighted by Gasteiger charge is -2.14. The van der Waals surface area contributed by atoms with Crippen LogP contribution in [0.25, 0.3) is 16.3 Å². The summed E-state index contributed by atoms with van der Waals surface area (Å²) in [4.78, 5) is 5.31. The van der Waals surface area contributed by atoms with Gasteiger partial charge in [-0.15, -0.1) is 0 Å². The molecule has 2 aromatic heterocycles. The number of nitrogen functional groups attached to an aromatic ring is 1. The summed E-state index contributed by atoms with van der Waals surface area (Å²) in [6.07, 6.45) is 3.70. The second-order valence-corrected chi connectivity index (χ2v) is 9.90. The number of anilines is 1. The van der Waals surface area contributed by atoms with Crippen LogP contribution in [-0.4, -0.2) is 43.2 Å². The molecule has 0 radical (unpaired) electrons. The molecule has 1 saturated heterocycles. The zero-order valence-corrected chi connectivity index (χ0v) is 22.4.